The van der Waals surface area contributed by atoms with Crippen LogP contribution in [-0.2, 0) is 11.3 Å². The molecule has 142 valence electrons. The van der Waals surface area contributed by atoms with Gasteiger partial charge in [0.2, 0.25) is 5.91 Å². The molecule has 0 saturated carbocycles. The van der Waals surface area contributed by atoms with Crippen molar-refractivity contribution >= 4 is 27.7 Å². The number of hydrogen-bond acceptors (Lipinski definition) is 3. The largest absolute Gasteiger partial charge is 0.339 e. The van der Waals surface area contributed by atoms with Crippen LogP contribution in [0.2, 0.25) is 0 Å². The molecule has 2 amide bonds. The molecule has 0 aliphatic carbocycles. The van der Waals surface area contributed by atoms with Gasteiger partial charge in [0, 0.05) is 42.8 Å². The van der Waals surface area contributed by atoms with Crippen molar-refractivity contribution in [1.29, 1.82) is 0 Å². The molecule has 0 unspecified atom stereocenters. The van der Waals surface area contributed by atoms with Crippen molar-refractivity contribution < 1.29 is 9.59 Å². The molecule has 0 aromatic heterocycles. The summed E-state index contributed by atoms with van der Waals surface area (Å²) in [6.07, 6.45) is 0. The van der Waals surface area contributed by atoms with Crippen molar-refractivity contribution in [3.8, 4) is 0 Å². The number of amides is 2. The fraction of sp³-hybridized carbons (Fsp3) is 0.333. The van der Waals surface area contributed by atoms with Crippen molar-refractivity contribution in [3.05, 3.63) is 69.7 Å². The molecule has 1 heterocycles. The number of benzene rings is 2. The number of hydrogen-bond donors (Lipinski definition) is 1. The highest BCUT2D eigenvalue weighted by Gasteiger charge is 2.23. The van der Waals surface area contributed by atoms with Crippen molar-refractivity contribution in [2.45, 2.75) is 13.5 Å². The van der Waals surface area contributed by atoms with Crippen LogP contribution in [0.1, 0.15) is 21.5 Å². The Kier molecular flexibility index (Phi) is 6.63. The zero-order chi connectivity index (χ0) is 19.2. The minimum atomic E-state index is -0.132. The summed E-state index contributed by atoms with van der Waals surface area (Å²) in [6.45, 7) is 5.48. The SMILES string of the molecule is Cc1cccc(CN(CC(=O)N2CCNCC2)C(=O)c2ccc(Br)cc2)c1. The Labute approximate surface area is 168 Å². The van der Waals surface area contributed by atoms with Crippen molar-refractivity contribution in [2.24, 2.45) is 0 Å². The van der Waals surface area contributed by atoms with E-state index in [0.717, 1.165) is 28.7 Å². The van der Waals surface area contributed by atoms with Crippen molar-refractivity contribution in [3.63, 3.8) is 0 Å². The van der Waals surface area contributed by atoms with Crippen LogP contribution in [0.25, 0.3) is 0 Å². The van der Waals surface area contributed by atoms with Gasteiger partial charge in [0.25, 0.3) is 5.91 Å². The molecule has 0 bridgehead atoms. The molecule has 1 aliphatic rings. The van der Waals surface area contributed by atoms with Crippen molar-refractivity contribution in [2.75, 3.05) is 32.7 Å². The minimum absolute atomic E-state index is 0.00499. The number of halogens is 1. The molecule has 2 aromatic rings. The summed E-state index contributed by atoms with van der Waals surface area (Å²) in [7, 11) is 0. The lowest BCUT2D eigenvalue weighted by molar-refractivity contribution is -0.132. The second kappa shape index (κ2) is 9.15. The van der Waals surface area contributed by atoms with Crippen LogP contribution in [0.15, 0.2) is 53.0 Å². The van der Waals surface area contributed by atoms with Gasteiger partial charge in [-0.3, -0.25) is 9.59 Å². The number of nitrogens with one attached hydrogen (secondary N) is 1. The third-order valence-corrected chi connectivity index (χ3v) is 5.16. The summed E-state index contributed by atoms with van der Waals surface area (Å²) in [6, 6.07) is 15.3. The molecule has 0 atom stereocenters. The second-order valence-corrected chi connectivity index (χ2v) is 7.70. The topological polar surface area (TPSA) is 52.7 Å². The van der Waals surface area contributed by atoms with E-state index in [-0.39, 0.29) is 18.4 Å². The van der Waals surface area contributed by atoms with E-state index in [9.17, 15) is 9.59 Å². The fourth-order valence-electron chi connectivity index (χ4n) is 3.18. The summed E-state index contributed by atoms with van der Waals surface area (Å²) in [5.41, 5.74) is 2.74. The highest BCUT2D eigenvalue weighted by Crippen LogP contribution is 2.15. The van der Waals surface area contributed by atoms with Crippen molar-refractivity contribution in [1.82, 2.24) is 15.1 Å². The number of carbonyl (C=O) groups excluding carboxylic acids is 2. The first-order valence-corrected chi connectivity index (χ1v) is 9.91. The van der Waals surface area contributed by atoms with Crippen LogP contribution in [0, 0.1) is 6.92 Å². The highest BCUT2D eigenvalue weighted by atomic mass is 79.9. The maximum Gasteiger partial charge on any atom is 0.254 e. The minimum Gasteiger partial charge on any atom is -0.339 e. The van der Waals surface area contributed by atoms with Gasteiger partial charge in [-0.2, -0.15) is 0 Å². The molecule has 2 aromatic carbocycles. The van der Waals surface area contributed by atoms with Crippen LogP contribution < -0.4 is 5.32 Å². The summed E-state index contributed by atoms with van der Waals surface area (Å²) >= 11 is 3.39. The predicted molar refractivity (Wildman–Crippen MR) is 110 cm³/mol. The zero-order valence-electron chi connectivity index (χ0n) is 15.5. The average molecular weight is 430 g/mol. The predicted octanol–water partition coefficient (Wildman–Crippen LogP) is 2.83. The Balaban J connectivity index is 1.79. The Morgan fingerprint density at radius 1 is 1.11 bits per heavy atom. The molecule has 1 aliphatic heterocycles. The van der Waals surface area contributed by atoms with Crippen LogP contribution >= 0.6 is 15.9 Å². The van der Waals surface area contributed by atoms with E-state index in [1.165, 1.54) is 0 Å². The first kappa shape index (κ1) is 19.6. The summed E-state index contributed by atoms with van der Waals surface area (Å²) in [5, 5.41) is 3.24. The second-order valence-electron chi connectivity index (χ2n) is 6.79. The molecule has 6 heteroatoms. The van der Waals surface area contributed by atoms with E-state index in [2.05, 4.69) is 27.3 Å². The molecule has 1 N–H and O–H groups in total. The van der Waals surface area contributed by atoms with Gasteiger partial charge in [0.15, 0.2) is 0 Å². The third-order valence-electron chi connectivity index (χ3n) is 4.63. The first-order chi connectivity index (χ1) is 13.0. The van der Waals surface area contributed by atoms with Gasteiger partial charge in [0.1, 0.15) is 6.54 Å². The Morgan fingerprint density at radius 3 is 2.48 bits per heavy atom. The number of rotatable bonds is 5. The molecular formula is C21H24BrN3O2. The highest BCUT2D eigenvalue weighted by molar-refractivity contribution is 9.10. The van der Waals surface area contributed by atoms with E-state index in [1.807, 2.05) is 42.2 Å². The summed E-state index contributed by atoms with van der Waals surface area (Å²) in [5.74, 6) is -0.137. The van der Waals surface area contributed by atoms with Crippen LogP contribution in [0.4, 0.5) is 0 Å². The third kappa shape index (κ3) is 5.40. The Hall–Kier alpha value is -2.18. The molecule has 27 heavy (non-hydrogen) atoms. The smallest absolute Gasteiger partial charge is 0.254 e. The monoisotopic (exact) mass is 429 g/mol. The number of aryl methyl sites for hydroxylation is 1. The lowest BCUT2D eigenvalue weighted by atomic mass is 10.1. The van der Waals surface area contributed by atoms with Gasteiger partial charge in [-0.25, -0.2) is 0 Å². The van der Waals surface area contributed by atoms with Crippen LogP contribution in [0.5, 0.6) is 0 Å². The molecule has 3 rings (SSSR count). The van der Waals surface area contributed by atoms with E-state index in [4.69, 9.17) is 0 Å². The Bertz CT molecular complexity index is 801. The fourth-order valence-corrected chi connectivity index (χ4v) is 3.45. The van der Waals surface area contributed by atoms with Gasteiger partial charge in [-0.1, -0.05) is 45.8 Å². The molecule has 0 radical (unpaired) electrons. The van der Waals surface area contributed by atoms with Gasteiger partial charge in [0.05, 0.1) is 0 Å². The molecule has 0 spiro atoms. The quantitative estimate of drug-likeness (QED) is 0.794. The van der Waals surface area contributed by atoms with Crippen LogP contribution in [-0.4, -0.2) is 54.3 Å². The van der Waals surface area contributed by atoms with Gasteiger partial charge >= 0.3 is 0 Å². The van der Waals surface area contributed by atoms with Gasteiger partial charge in [-0.05, 0) is 36.8 Å². The number of carbonyl (C=O) groups is 2. The van der Waals surface area contributed by atoms with E-state index in [1.54, 1.807) is 17.0 Å². The van der Waals surface area contributed by atoms with Crippen LogP contribution in [0.3, 0.4) is 0 Å². The van der Waals surface area contributed by atoms with E-state index in [0.29, 0.717) is 25.2 Å². The van der Waals surface area contributed by atoms with E-state index < -0.39 is 0 Å². The first-order valence-electron chi connectivity index (χ1n) is 9.12. The van der Waals surface area contributed by atoms with E-state index >= 15 is 0 Å². The average Bonchev–Trinajstić information content (AvgIpc) is 2.68. The summed E-state index contributed by atoms with van der Waals surface area (Å²) in [4.78, 5) is 29.3. The van der Waals surface area contributed by atoms with Gasteiger partial charge in [-0.15, -0.1) is 0 Å². The molecule has 1 fully saturated rings. The molecular weight excluding hydrogens is 406 g/mol. The lowest BCUT2D eigenvalue weighted by Gasteiger charge is -2.30. The number of nitrogens with zero attached hydrogens (tertiary/aromatic N) is 2. The Morgan fingerprint density at radius 2 is 1.81 bits per heavy atom. The maximum atomic E-state index is 13.1. The lowest BCUT2D eigenvalue weighted by Crippen LogP contribution is -2.50. The summed E-state index contributed by atoms with van der Waals surface area (Å²) < 4.78 is 0.918. The molecule has 5 nitrogen and oxygen atoms in total. The number of piperazine rings is 1. The maximum absolute atomic E-state index is 13.1. The zero-order valence-corrected chi connectivity index (χ0v) is 17.0. The normalized spacial score (nSPS) is 14.1. The molecule has 1 saturated heterocycles. The van der Waals surface area contributed by atoms with Gasteiger partial charge < -0.3 is 15.1 Å². The standard InChI is InChI=1S/C21H24BrN3O2/c1-16-3-2-4-17(13-16)14-25(15-20(26)24-11-9-23-10-12-24)21(27)18-5-7-19(22)8-6-18/h2-8,13,23H,9-12,14-15H2,1H3.